The zero-order valence-electron chi connectivity index (χ0n) is 9.62. The Hall–Kier alpha value is -1.22. The molecule has 0 radical (unpaired) electrons. The molecule has 0 amide bonds. The predicted octanol–water partition coefficient (Wildman–Crippen LogP) is 3.05. The van der Waals surface area contributed by atoms with Gasteiger partial charge in [-0.1, -0.05) is 18.5 Å². The van der Waals surface area contributed by atoms with Crippen molar-refractivity contribution in [3.63, 3.8) is 0 Å². The van der Waals surface area contributed by atoms with Crippen LogP contribution in [0.4, 0.5) is 0 Å². The van der Waals surface area contributed by atoms with Crippen LogP contribution in [0, 0.1) is 0 Å². The zero-order chi connectivity index (χ0) is 12.1. The summed E-state index contributed by atoms with van der Waals surface area (Å²) in [5, 5.41) is 0.501. The summed E-state index contributed by atoms with van der Waals surface area (Å²) in [6.07, 6.45) is 1.34. The van der Waals surface area contributed by atoms with Gasteiger partial charge in [0.2, 0.25) is 0 Å². The summed E-state index contributed by atoms with van der Waals surface area (Å²) in [4.78, 5) is 10.5. The lowest BCUT2D eigenvalue weighted by atomic mass is 9.97. The smallest absolute Gasteiger partial charge is 0.138 e. The van der Waals surface area contributed by atoms with Crippen molar-refractivity contribution in [2.45, 2.75) is 19.3 Å². The van der Waals surface area contributed by atoms with Crippen LogP contribution in [-0.2, 0) is 4.79 Å². The Labute approximate surface area is 100 Å². The molecular formula is C12H15ClO3. The largest absolute Gasteiger partial charge is 0.496 e. The normalized spacial score (nSPS) is 12.0. The highest BCUT2D eigenvalue weighted by atomic mass is 35.5. The Morgan fingerprint density at radius 1 is 1.31 bits per heavy atom. The van der Waals surface area contributed by atoms with E-state index in [0.29, 0.717) is 22.9 Å². The molecule has 0 fully saturated rings. The molecule has 0 aromatic heterocycles. The van der Waals surface area contributed by atoms with E-state index in [1.165, 1.54) is 0 Å². The van der Waals surface area contributed by atoms with Crippen molar-refractivity contribution in [1.82, 2.24) is 0 Å². The average Bonchev–Trinajstić information content (AvgIpc) is 2.28. The minimum atomic E-state index is 0.0821. The molecule has 1 aromatic rings. The SMILES string of the molecule is COc1cc(C(C)CC=O)c(OC)cc1Cl. The maximum absolute atomic E-state index is 10.5. The Balaban J connectivity index is 3.18. The molecule has 4 heteroatoms. The number of halogens is 1. The summed E-state index contributed by atoms with van der Waals surface area (Å²) in [5.41, 5.74) is 0.927. The number of hydrogen-bond acceptors (Lipinski definition) is 3. The van der Waals surface area contributed by atoms with Gasteiger partial charge in [-0.25, -0.2) is 0 Å². The van der Waals surface area contributed by atoms with Crippen molar-refractivity contribution in [2.24, 2.45) is 0 Å². The first kappa shape index (κ1) is 12.8. The molecule has 0 saturated carbocycles. The summed E-state index contributed by atoms with van der Waals surface area (Å²) >= 11 is 5.99. The molecule has 0 aliphatic heterocycles. The standard InChI is InChI=1S/C12H15ClO3/c1-8(4-5-14)9-6-12(16-3)10(13)7-11(9)15-2/h5-8H,4H2,1-3H3. The van der Waals surface area contributed by atoms with Crippen molar-refractivity contribution in [2.75, 3.05) is 14.2 Å². The lowest BCUT2D eigenvalue weighted by Crippen LogP contribution is -2.00. The van der Waals surface area contributed by atoms with Crippen LogP contribution in [0.25, 0.3) is 0 Å². The zero-order valence-corrected chi connectivity index (χ0v) is 10.4. The molecule has 0 spiro atoms. The van der Waals surface area contributed by atoms with Crippen LogP contribution >= 0.6 is 11.6 Å². The fourth-order valence-corrected chi connectivity index (χ4v) is 1.77. The van der Waals surface area contributed by atoms with Gasteiger partial charge in [-0.05, 0) is 12.0 Å². The van der Waals surface area contributed by atoms with Crippen LogP contribution in [0.2, 0.25) is 5.02 Å². The average molecular weight is 243 g/mol. The fourth-order valence-electron chi connectivity index (χ4n) is 1.54. The van der Waals surface area contributed by atoms with Crippen LogP contribution in [0.1, 0.15) is 24.8 Å². The van der Waals surface area contributed by atoms with E-state index in [0.717, 1.165) is 11.8 Å². The first-order valence-corrected chi connectivity index (χ1v) is 5.36. The molecule has 88 valence electrons. The second-order valence-electron chi connectivity index (χ2n) is 3.53. The number of carbonyl (C=O) groups excluding carboxylic acids is 1. The Bertz CT molecular complexity index is 377. The minimum Gasteiger partial charge on any atom is -0.496 e. The molecule has 0 saturated heterocycles. The highest BCUT2D eigenvalue weighted by Gasteiger charge is 2.15. The Kier molecular flexibility index (Phi) is 4.62. The lowest BCUT2D eigenvalue weighted by Gasteiger charge is -2.15. The van der Waals surface area contributed by atoms with E-state index >= 15 is 0 Å². The summed E-state index contributed by atoms with van der Waals surface area (Å²) in [6, 6.07) is 3.52. The van der Waals surface area contributed by atoms with Crippen molar-refractivity contribution >= 4 is 17.9 Å². The van der Waals surface area contributed by atoms with Crippen LogP contribution in [0.3, 0.4) is 0 Å². The van der Waals surface area contributed by atoms with Gasteiger partial charge in [0.05, 0.1) is 19.2 Å². The Morgan fingerprint density at radius 2 is 1.94 bits per heavy atom. The number of ether oxygens (including phenoxy) is 2. The van der Waals surface area contributed by atoms with Crippen LogP contribution < -0.4 is 9.47 Å². The summed E-state index contributed by atoms with van der Waals surface area (Å²) < 4.78 is 10.4. The maximum atomic E-state index is 10.5. The van der Waals surface area contributed by atoms with Gasteiger partial charge in [-0.15, -0.1) is 0 Å². The third-order valence-corrected chi connectivity index (χ3v) is 2.78. The first-order chi connectivity index (χ1) is 7.63. The Morgan fingerprint density at radius 3 is 2.44 bits per heavy atom. The number of methoxy groups -OCH3 is 2. The summed E-state index contributed by atoms with van der Waals surface area (Å²) in [6.45, 7) is 1.96. The number of hydrogen-bond donors (Lipinski definition) is 0. The van der Waals surface area contributed by atoms with Gasteiger partial charge in [0.15, 0.2) is 0 Å². The highest BCUT2D eigenvalue weighted by molar-refractivity contribution is 6.32. The summed E-state index contributed by atoms with van der Waals surface area (Å²) in [7, 11) is 3.14. The molecule has 0 aliphatic rings. The van der Waals surface area contributed by atoms with E-state index in [-0.39, 0.29) is 5.92 Å². The second kappa shape index (κ2) is 5.75. The molecule has 0 N–H and O–H groups in total. The molecule has 3 nitrogen and oxygen atoms in total. The first-order valence-electron chi connectivity index (χ1n) is 4.99. The topological polar surface area (TPSA) is 35.5 Å². The van der Waals surface area contributed by atoms with Gasteiger partial charge in [-0.3, -0.25) is 0 Å². The van der Waals surface area contributed by atoms with E-state index in [2.05, 4.69) is 0 Å². The van der Waals surface area contributed by atoms with Crippen molar-refractivity contribution in [1.29, 1.82) is 0 Å². The van der Waals surface area contributed by atoms with Gasteiger partial charge in [0.25, 0.3) is 0 Å². The van der Waals surface area contributed by atoms with E-state index in [1.54, 1.807) is 20.3 Å². The molecule has 0 aliphatic carbocycles. The van der Waals surface area contributed by atoms with Crippen molar-refractivity contribution < 1.29 is 14.3 Å². The third-order valence-electron chi connectivity index (χ3n) is 2.48. The molecule has 0 heterocycles. The van der Waals surface area contributed by atoms with Gasteiger partial charge in [0, 0.05) is 18.1 Å². The van der Waals surface area contributed by atoms with Gasteiger partial charge < -0.3 is 14.3 Å². The number of benzene rings is 1. The van der Waals surface area contributed by atoms with E-state index in [9.17, 15) is 4.79 Å². The predicted molar refractivity (Wildman–Crippen MR) is 63.7 cm³/mol. The molecule has 1 aromatic carbocycles. The number of aldehydes is 1. The van der Waals surface area contributed by atoms with Gasteiger partial charge in [0.1, 0.15) is 17.8 Å². The second-order valence-corrected chi connectivity index (χ2v) is 3.94. The molecule has 1 rings (SSSR count). The van der Waals surface area contributed by atoms with Crippen LogP contribution in [0.5, 0.6) is 11.5 Å². The fraction of sp³-hybridized carbons (Fsp3) is 0.417. The van der Waals surface area contributed by atoms with E-state index in [1.807, 2.05) is 13.0 Å². The third kappa shape index (κ3) is 2.67. The number of rotatable bonds is 5. The number of carbonyl (C=O) groups is 1. The quantitative estimate of drug-likeness (QED) is 0.745. The molecule has 16 heavy (non-hydrogen) atoms. The van der Waals surface area contributed by atoms with E-state index < -0.39 is 0 Å². The van der Waals surface area contributed by atoms with Crippen molar-refractivity contribution in [3.05, 3.63) is 22.7 Å². The molecule has 1 atom stereocenters. The highest BCUT2D eigenvalue weighted by Crippen LogP contribution is 2.36. The lowest BCUT2D eigenvalue weighted by molar-refractivity contribution is -0.108. The minimum absolute atomic E-state index is 0.0821. The molecule has 1 unspecified atom stereocenters. The monoisotopic (exact) mass is 242 g/mol. The van der Waals surface area contributed by atoms with Crippen LogP contribution in [-0.4, -0.2) is 20.5 Å². The maximum Gasteiger partial charge on any atom is 0.138 e. The van der Waals surface area contributed by atoms with Gasteiger partial charge >= 0.3 is 0 Å². The molecular weight excluding hydrogens is 228 g/mol. The van der Waals surface area contributed by atoms with E-state index in [4.69, 9.17) is 21.1 Å². The summed E-state index contributed by atoms with van der Waals surface area (Å²) in [5.74, 6) is 1.36. The van der Waals surface area contributed by atoms with Crippen molar-refractivity contribution in [3.8, 4) is 11.5 Å². The molecule has 0 bridgehead atoms. The van der Waals surface area contributed by atoms with Gasteiger partial charge in [-0.2, -0.15) is 0 Å². The van der Waals surface area contributed by atoms with Crippen LogP contribution in [0.15, 0.2) is 12.1 Å².